The van der Waals surface area contributed by atoms with Gasteiger partial charge in [-0.05, 0) is 31.9 Å². The molecule has 0 aliphatic carbocycles. The van der Waals surface area contributed by atoms with E-state index in [2.05, 4.69) is 16.8 Å². The Morgan fingerprint density at radius 1 is 1.26 bits per heavy atom. The lowest BCUT2D eigenvalue weighted by molar-refractivity contribution is 0.0827. The number of piperidine rings is 1. The number of imidazole rings is 1. The number of aromatic nitrogens is 3. The maximum absolute atomic E-state index is 12.5. The maximum Gasteiger partial charge on any atom is 0.254 e. The van der Waals surface area contributed by atoms with Gasteiger partial charge in [0.1, 0.15) is 0 Å². The van der Waals surface area contributed by atoms with Crippen LogP contribution in [0, 0.1) is 5.41 Å². The van der Waals surface area contributed by atoms with Crippen molar-refractivity contribution in [2.24, 2.45) is 11.1 Å². The van der Waals surface area contributed by atoms with Crippen LogP contribution in [-0.4, -0.2) is 71.1 Å². The molecule has 0 saturated carbocycles. The van der Waals surface area contributed by atoms with Crippen molar-refractivity contribution in [1.82, 2.24) is 19.3 Å². The van der Waals surface area contributed by atoms with E-state index in [0.717, 1.165) is 53.9 Å². The highest BCUT2D eigenvalue weighted by Crippen LogP contribution is 2.42. The lowest BCUT2D eigenvalue weighted by Crippen LogP contribution is -2.51. The number of halogens is 1. The molecule has 3 aromatic rings. The first-order valence-electron chi connectivity index (χ1n) is 11.4. The van der Waals surface area contributed by atoms with Crippen LogP contribution in [0.1, 0.15) is 30.1 Å². The van der Waals surface area contributed by atoms with Crippen molar-refractivity contribution in [3.8, 4) is 0 Å². The van der Waals surface area contributed by atoms with E-state index in [9.17, 15) is 4.79 Å². The molecule has 2 aliphatic heterocycles. The Labute approximate surface area is 208 Å². The van der Waals surface area contributed by atoms with Gasteiger partial charge < -0.3 is 20.3 Å². The minimum atomic E-state index is -0.128. The Bertz CT molecular complexity index is 1220. The second-order valence-electron chi connectivity index (χ2n) is 9.35. The van der Waals surface area contributed by atoms with Crippen LogP contribution in [0.2, 0.25) is 5.02 Å². The zero-order valence-electron chi connectivity index (χ0n) is 19.6. The highest BCUT2D eigenvalue weighted by molar-refractivity contribution is 7.99. The number of anilines is 1. The van der Waals surface area contributed by atoms with Gasteiger partial charge >= 0.3 is 0 Å². The normalized spacial score (nSPS) is 22.0. The van der Waals surface area contributed by atoms with Crippen LogP contribution in [-0.2, 0) is 4.74 Å². The lowest BCUT2D eigenvalue weighted by Gasteiger charge is -2.41. The zero-order valence-corrected chi connectivity index (χ0v) is 21.1. The zero-order chi connectivity index (χ0) is 24.0. The molecule has 5 rings (SSSR count). The number of fused-ring (bicyclic) bond motifs is 1. The molecule has 0 radical (unpaired) electrons. The van der Waals surface area contributed by atoms with Gasteiger partial charge in [0.2, 0.25) is 5.95 Å². The molecular formula is C24H29ClN6O2S. The fourth-order valence-electron chi connectivity index (χ4n) is 4.93. The molecule has 1 aromatic carbocycles. The number of carbonyl (C=O) groups is 1. The van der Waals surface area contributed by atoms with E-state index in [4.69, 9.17) is 27.1 Å². The highest BCUT2D eigenvalue weighted by atomic mass is 35.5. The number of carbonyl (C=O) groups excluding carboxylic acids is 1. The average molecular weight is 501 g/mol. The Balaban J connectivity index is 1.40. The summed E-state index contributed by atoms with van der Waals surface area (Å²) in [6.45, 7) is 4.55. The Kier molecular flexibility index (Phi) is 6.22. The molecule has 2 saturated heterocycles. The van der Waals surface area contributed by atoms with Crippen molar-refractivity contribution >= 4 is 40.9 Å². The van der Waals surface area contributed by atoms with Gasteiger partial charge in [0.05, 0.1) is 28.2 Å². The van der Waals surface area contributed by atoms with E-state index in [0.29, 0.717) is 10.6 Å². The Morgan fingerprint density at radius 2 is 2.03 bits per heavy atom. The topological polar surface area (TPSA) is 89.0 Å². The van der Waals surface area contributed by atoms with Crippen molar-refractivity contribution in [2.45, 2.75) is 41.7 Å². The van der Waals surface area contributed by atoms with Crippen LogP contribution in [0.5, 0.6) is 0 Å². The van der Waals surface area contributed by atoms with Gasteiger partial charge in [-0.2, -0.15) is 0 Å². The number of nitrogens with two attached hydrogens (primary N) is 1. The molecule has 8 nitrogen and oxygen atoms in total. The Morgan fingerprint density at radius 3 is 2.71 bits per heavy atom. The van der Waals surface area contributed by atoms with Gasteiger partial charge in [-0.15, -0.1) is 0 Å². The molecule has 180 valence electrons. The third-order valence-corrected chi connectivity index (χ3v) is 8.67. The molecule has 2 aliphatic rings. The summed E-state index contributed by atoms with van der Waals surface area (Å²) < 4.78 is 7.89. The molecule has 2 N–H and O–H groups in total. The largest absolute Gasteiger partial charge is 0.376 e. The van der Waals surface area contributed by atoms with Gasteiger partial charge in [0.25, 0.3) is 5.91 Å². The van der Waals surface area contributed by atoms with E-state index in [1.807, 2.05) is 28.9 Å². The third-order valence-electron chi connectivity index (χ3n) is 7.08. The van der Waals surface area contributed by atoms with E-state index in [-0.39, 0.29) is 23.5 Å². The molecule has 1 spiro atoms. The monoisotopic (exact) mass is 500 g/mol. The first-order valence-corrected chi connectivity index (χ1v) is 12.6. The van der Waals surface area contributed by atoms with Crippen molar-refractivity contribution in [2.75, 3.05) is 38.7 Å². The molecule has 10 heteroatoms. The van der Waals surface area contributed by atoms with Gasteiger partial charge in [-0.25, -0.2) is 9.97 Å². The van der Waals surface area contributed by atoms with Crippen molar-refractivity contribution < 1.29 is 9.53 Å². The summed E-state index contributed by atoms with van der Waals surface area (Å²) in [5, 5.41) is 0.436. The first kappa shape index (κ1) is 23.4. The molecular weight excluding hydrogens is 472 g/mol. The quantitative estimate of drug-likeness (QED) is 0.585. The van der Waals surface area contributed by atoms with Crippen molar-refractivity contribution in [3.05, 3.63) is 47.4 Å². The van der Waals surface area contributed by atoms with Gasteiger partial charge in [-0.3, -0.25) is 9.20 Å². The number of benzene rings is 1. The number of ether oxygens (including phenoxy) is 1. The first-order chi connectivity index (χ1) is 16.3. The maximum atomic E-state index is 12.5. The molecule has 1 amide bonds. The van der Waals surface area contributed by atoms with Crippen molar-refractivity contribution in [1.29, 1.82) is 0 Å². The predicted octanol–water partition coefficient (Wildman–Crippen LogP) is 3.57. The number of rotatable bonds is 4. The number of hydrogen-bond donors (Lipinski definition) is 1. The summed E-state index contributed by atoms with van der Waals surface area (Å²) in [4.78, 5) is 27.4. The number of hydrogen-bond acceptors (Lipinski definition) is 7. The average Bonchev–Trinajstić information content (AvgIpc) is 3.43. The van der Waals surface area contributed by atoms with Crippen LogP contribution in [0.4, 0.5) is 5.95 Å². The van der Waals surface area contributed by atoms with E-state index in [1.165, 1.54) is 16.7 Å². The highest BCUT2D eigenvalue weighted by Gasteiger charge is 2.47. The third kappa shape index (κ3) is 3.94. The molecule has 0 bridgehead atoms. The van der Waals surface area contributed by atoms with E-state index < -0.39 is 0 Å². The molecule has 34 heavy (non-hydrogen) atoms. The van der Waals surface area contributed by atoms with E-state index >= 15 is 0 Å². The SMILES string of the molecule is C[C@@H]1OCC2(CCN(c3ncc(Sc4cccc(C(=O)N(C)C)c4Cl)c4nccn34)CC2)[C@@H]1N. The summed E-state index contributed by atoms with van der Waals surface area (Å²) in [6, 6.07) is 5.57. The number of amides is 1. The van der Waals surface area contributed by atoms with E-state index in [1.54, 1.807) is 26.4 Å². The number of nitrogens with zero attached hydrogens (tertiary/aromatic N) is 5. The van der Waals surface area contributed by atoms with Gasteiger partial charge in [0, 0.05) is 62.1 Å². The van der Waals surface area contributed by atoms with Crippen LogP contribution in [0.15, 0.2) is 46.6 Å². The smallest absolute Gasteiger partial charge is 0.254 e. The van der Waals surface area contributed by atoms with Crippen molar-refractivity contribution in [3.63, 3.8) is 0 Å². The minimum Gasteiger partial charge on any atom is -0.376 e. The van der Waals surface area contributed by atoms with Crippen LogP contribution in [0.25, 0.3) is 5.65 Å². The fraction of sp³-hybridized carbons (Fsp3) is 0.458. The van der Waals surface area contributed by atoms with Crippen LogP contribution in [0.3, 0.4) is 0 Å². The Hall–Kier alpha value is -2.33. The predicted molar refractivity (Wildman–Crippen MR) is 134 cm³/mol. The summed E-state index contributed by atoms with van der Waals surface area (Å²) in [6.07, 6.45) is 7.64. The molecule has 2 fully saturated rings. The van der Waals surface area contributed by atoms with Crippen LogP contribution < -0.4 is 10.6 Å². The molecule has 0 unspecified atom stereocenters. The second-order valence-corrected chi connectivity index (χ2v) is 10.8. The molecule has 2 atom stereocenters. The lowest BCUT2D eigenvalue weighted by atomic mass is 9.73. The standard InChI is InChI=1S/C24H29ClN6O2S/c1-15-20(26)24(14-33-15)7-10-30(11-8-24)23-28-13-18(21-27-9-12-31(21)23)34-17-6-4-5-16(19(17)25)22(32)29(2)3/h4-6,9,12-13,15,20H,7-8,10-11,14,26H2,1-3H3/t15-,20+/m0/s1. The summed E-state index contributed by atoms with van der Waals surface area (Å²) >= 11 is 8.08. The summed E-state index contributed by atoms with van der Waals surface area (Å²) in [7, 11) is 3.43. The molecule has 2 aromatic heterocycles. The van der Waals surface area contributed by atoms with Gasteiger partial charge in [-0.1, -0.05) is 29.4 Å². The summed E-state index contributed by atoms with van der Waals surface area (Å²) in [5.74, 6) is 0.742. The second kappa shape index (κ2) is 9.03. The summed E-state index contributed by atoms with van der Waals surface area (Å²) in [5.41, 5.74) is 7.84. The fourth-order valence-corrected chi connectivity index (χ4v) is 6.18. The minimum absolute atomic E-state index is 0.0610. The van der Waals surface area contributed by atoms with Crippen LogP contribution >= 0.6 is 23.4 Å². The molecule has 4 heterocycles. The van der Waals surface area contributed by atoms with Gasteiger partial charge in [0.15, 0.2) is 5.65 Å².